The highest BCUT2D eigenvalue weighted by Gasteiger charge is 2.02. The number of halogens is 1. The molecule has 0 radical (unpaired) electrons. The van der Waals surface area contributed by atoms with Crippen LogP contribution in [0, 0.1) is 6.92 Å². The summed E-state index contributed by atoms with van der Waals surface area (Å²) in [6.07, 6.45) is 0. The molecule has 2 aromatic rings. The number of aromatic nitrogens is 4. The molecular weight excluding hydrogens is 276 g/mol. The summed E-state index contributed by atoms with van der Waals surface area (Å²) in [4.78, 5) is 8.53. The van der Waals surface area contributed by atoms with Crippen molar-refractivity contribution in [3.63, 3.8) is 0 Å². The van der Waals surface area contributed by atoms with Crippen molar-refractivity contribution >= 4 is 27.7 Å². The van der Waals surface area contributed by atoms with E-state index in [1.54, 1.807) is 11.8 Å². The van der Waals surface area contributed by atoms with Gasteiger partial charge in [-0.05, 0) is 35.0 Å². The molecule has 0 atom stereocenters. The third kappa shape index (κ3) is 3.04. The predicted octanol–water partition coefficient (Wildman–Crippen LogP) is 2.56. The minimum Gasteiger partial charge on any atom is -0.262 e. The van der Waals surface area contributed by atoms with Gasteiger partial charge in [0.05, 0.1) is 5.69 Å². The highest BCUT2D eigenvalue weighted by molar-refractivity contribution is 9.10. The van der Waals surface area contributed by atoms with Crippen molar-refractivity contribution in [1.82, 2.24) is 20.2 Å². The summed E-state index contributed by atoms with van der Waals surface area (Å²) in [6.45, 7) is 1.88. The fourth-order valence-electron chi connectivity index (χ4n) is 1.06. The van der Waals surface area contributed by atoms with Crippen molar-refractivity contribution in [2.24, 2.45) is 0 Å². The van der Waals surface area contributed by atoms with E-state index < -0.39 is 0 Å². The van der Waals surface area contributed by atoms with Crippen LogP contribution in [0.4, 0.5) is 0 Å². The van der Waals surface area contributed by atoms with Crippen molar-refractivity contribution in [2.75, 3.05) is 0 Å². The Hall–Kier alpha value is -0.880. The second kappa shape index (κ2) is 4.76. The van der Waals surface area contributed by atoms with Gasteiger partial charge in [0.25, 0.3) is 0 Å². The molecule has 0 saturated carbocycles. The van der Waals surface area contributed by atoms with Crippen LogP contribution in [0.1, 0.15) is 11.5 Å². The van der Waals surface area contributed by atoms with Crippen LogP contribution in [0.2, 0.25) is 0 Å². The maximum Gasteiger partial charge on any atom is 0.208 e. The van der Waals surface area contributed by atoms with Gasteiger partial charge in [-0.15, -0.1) is 5.10 Å². The van der Waals surface area contributed by atoms with Crippen molar-refractivity contribution in [3.05, 3.63) is 34.3 Å². The lowest BCUT2D eigenvalue weighted by Gasteiger charge is -1.97. The maximum absolute atomic E-state index is 4.33. The molecule has 78 valence electrons. The quantitative estimate of drug-likeness (QED) is 0.695. The summed E-state index contributed by atoms with van der Waals surface area (Å²) < 4.78 is 0.853. The van der Waals surface area contributed by atoms with Gasteiger partial charge < -0.3 is 0 Å². The maximum atomic E-state index is 4.33. The number of aryl methyl sites for hydroxylation is 1. The Morgan fingerprint density at radius 2 is 2.27 bits per heavy atom. The molecule has 15 heavy (non-hydrogen) atoms. The lowest BCUT2D eigenvalue weighted by molar-refractivity contribution is 0.967. The van der Waals surface area contributed by atoms with Crippen molar-refractivity contribution < 1.29 is 0 Å². The molecule has 0 amide bonds. The smallest absolute Gasteiger partial charge is 0.208 e. The first-order valence-electron chi connectivity index (χ1n) is 4.37. The van der Waals surface area contributed by atoms with E-state index in [1.165, 1.54) is 0 Å². The number of aromatic amines is 1. The molecule has 0 aliphatic rings. The van der Waals surface area contributed by atoms with Gasteiger partial charge in [-0.3, -0.25) is 5.10 Å². The first kappa shape index (κ1) is 10.6. The van der Waals surface area contributed by atoms with E-state index in [4.69, 9.17) is 0 Å². The fraction of sp³-hybridized carbons (Fsp3) is 0.222. The van der Waals surface area contributed by atoms with Crippen LogP contribution >= 0.6 is 27.7 Å². The van der Waals surface area contributed by atoms with E-state index in [0.29, 0.717) is 0 Å². The zero-order chi connectivity index (χ0) is 10.7. The molecule has 6 heteroatoms. The third-order valence-corrected chi connectivity index (χ3v) is 3.02. The van der Waals surface area contributed by atoms with E-state index in [0.717, 1.165) is 27.0 Å². The van der Waals surface area contributed by atoms with E-state index >= 15 is 0 Å². The summed E-state index contributed by atoms with van der Waals surface area (Å²) in [5.74, 6) is 1.61. The van der Waals surface area contributed by atoms with Crippen molar-refractivity contribution in [1.29, 1.82) is 0 Å². The Bertz CT molecular complexity index is 457. The molecule has 0 spiro atoms. The normalized spacial score (nSPS) is 10.5. The average molecular weight is 285 g/mol. The summed E-state index contributed by atoms with van der Waals surface area (Å²) in [6, 6.07) is 5.86. The monoisotopic (exact) mass is 284 g/mol. The summed E-state index contributed by atoms with van der Waals surface area (Å²) in [7, 11) is 0. The van der Waals surface area contributed by atoms with Crippen LogP contribution in [-0.2, 0) is 5.75 Å². The van der Waals surface area contributed by atoms with Gasteiger partial charge in [0, 0.05) is 5.75 Å². The van der Waals surface area contributed by atoms with Gasteiger partial charge in [-0.25, -0.2) is 9.97 Å². The van der Waals surface area contributed by atoms with Crippen molar-refractivity contribution in [2.45, 2.75) is 17.8 Å². The second-order valence-corrected chi connectivity index (χ2v) is 4.70. The van der Waals surface area contributed by atoms with Gasteiger partial charge in [0.1, 0.15) is 10.4 Å². The van der Waals surface area contributed by atoms with Gasteiger partial charge in [0.15, 0.2) is 0 Å². The second-order valence-electron chi connectivity index (χ2n) is 2.94. The molecule has 2 aromatic heterocycles. The zero-order valence-electron chi connectivity index (χ0n) is 8.07. The Labute approximate surface area is 100 Å². The molecule has 1 N–H and O–H groups in total. The average Bonchev–Trinajstić information content (AvgIpc) is 2.62. The molecule has 0 bridgehead atoms. The largest absolute Gasteiger partial charge is 0.262 e. The number of pyridine rings is 1. The fourth-order valence-corrected chi connectivity index (χ4v) is 2.19. The van der Waals surface area contributed by atoms with Crippen LogP contribution in [0.15, 0.2) is 28.0 Å². The Morgan fingerprint density at radius 1 is 1.40 bits per heavy atom. The standard InChI is InChI=1S/C9H9BrN4S/c1-6-11-9(14-13-6)15-5-7-3-2-4-8(10)12-7/h2-4H,5H2,1H3,(H,11,13,14). The predicted molar refractivity (Wildman–Crippen MR) is 62.6 cm³/mol. The highest BCUT2D eigenvalue weighted by Crippen LogP contribution is 2.18. The minimum absolute atomic E-state index is 0.759. The summed E-state index contributed by atoms with van der Waals surface area (Å²) >= 11 is 4.90. The molecule has 0 unspecified atom stereocenters. The molecule has 0 aromatic carbocycles. The zero-order valence-corrected chi connectivity index (χ0v) is 10.5. The third-order valence-electron chi connectivity index (χ3n) is 1.70. The molecule has 0 aliphatic carbocycles. The van der Waals surface area contributed by atoms with Crippen LogP contribution in [0.5, 0.6) is 0 Å². The van der Waals surface area contributed by atoms with E-state index in [9.17, 15) is 0 Å². The van der Waals surface area contributed by atoms with E-state index in [2.05, 4.69) is 36.1 Å². The molecule has 2 heterocycles. The Balaban J connectivity index is 1.99. The number of thioether (sulfide) groups is 1. The van der Waals surface area contributed by atoms with Crippen molar-refractivity contribution in [3.8, 4) is 0 Å². The SMILES string of the molecule is Cc1nc(SCc2cccc(Br)n2)n[nH]1. The van der Waals surface area contributed by atoms with E-state index in [1.807, 2.05) is 25.1 Å². The van der Waals surface area contributed by atoms with Gasteiger partial charge in [-0.1, -0.05) is 17.8 Å². The number of nitrogens with one attached hydrogen (secondary N) is 1. The highest BCUT2D eigenvalue weighted by atomic mass is 79.9. The lowest BCUT2D eigenvalue weighted by Crippen LogP contribution is -1.87. The number of hydrogen-bond acceptors (Lipinski definition) is 4. The minimum atomic E-state index is 0.759. The molecule has 0 aliphatic heterocycles. The summed E-state index contributed by atoms with van der Waals surface area (Å²) in [5, 5.41) is 7.60. The van der Waals surface area contributed by atoms with Gasteiger partial charge in [-0.2, -0.15) is 0 Å². The molecule has 4 nitrogen and oxygen atoms in total. The summed E-state index contributed by atoms with van der Waals surface area (Å²) in [5.41, 5.74) is 1.01. The molecule has 0 saturated heterocycles. The number of hydrogen-bond donors (Lipinski definition) is 1. The number of H-pyrrole nitrogens is 1. The van der Waals surface area contributed by atoms with Crippen LogP contribution in [-0.4, -0.2) is 20.2 Å². The van der Waals surface area contributed by atoms with E-state index in [-0.39, 0.29) is 0 Å². The topological polar surface area (TPSA) is 54.5 Å². The number of nitrogens with zero attached hydrogens (tertiary/aromatic N) is 3. The first-order valence-corrected chi connectivity index (χ1v) is 6.15. The lowest BCUT2D eigenvalue weighted by atomic mass is 10.4. The number of rotatable bonds is 3. The first-order chi connectivity index (χ1) is 7.24. The van der Waals surface area contributed by atoms with Gasteiger partial charge >= 0.3 is 0 Å². The molecule has 2 rings (SSSR count). The Morgan fingerprint density at radius 3 is 2.93 bits per heavy atom. The van der Waals surface area contributed by atoms with Crippen LogP contribution in [0.25, 0.3) is 0 Å². The Kier molecular flexibility index (Phi) is 3.37. The van der Waals surface area contributed by atoms with Crippen LogP contribution in [0.3, 0.4) is 0 Å². The molecular formula is C9H9BrN4S. The molecule has 0 fully saturated rings. The van der Waals surface area contributed by atoms with Gasteiger partial charge in [0.2, 0.25) is 5.16 Å². The van der Waals surface area contributed by atoms with Crippen LogP contribution < -0.4 is 0 Å².